The van der Waals surface area contributed by atoms with E-state index >= 15 is 0 Å². The van der Waals surface area contributed by atoms with Crippen LogP contribution in [0.5, 0.6) is 0 Å². The summed E-state index contributed by atoms with van der Waals surface area (Å²) in [5, 5.41) is 9.30. The molecule has 0 radical (unpaired) electrons. The maximum absolute atomic E-state index is 5.17. The Balaban J connectivity index is 0.629. The number of fused-ring (bicyclic) bond motifs is 7. The molecule has 98 heavy (non-hydrogen) atoms. The molecule has 0 atom stereocenters. The first kappa shape index (κ1) is 56.5. The minimum Gasteiger partial charge on any atom is -0.208 e. The van der Waals surface area contributed by atoms with Crippen molar-refractivity contribution in [1.82, 2.24) is 29.9 Å². The van der Waals surface area contributed by atoms with Crippen LogP contribution in [0.3, 0.4) is 0 Å². The molecule has 2 heterocycles. The predicted octanol–water partition coefficient (Wildman–Crippen LogP) is 23.1. The number of benzene rings is 14. The zero-order valence-corrected chi connectivity index (χ0v) is 53.9. The fraction of sp³-hybridized carbons (Fsp3) is 0.109. The highest BCUT2D eigenvalue weighted by atomic mass is 15.0. The van der Waals surface area contributed by atoms with Crippen LogP contribution in [-0.4, -0.2) is 29.9 Å². The molecule has 14 aromatic carbocycles. The molecule has 0 saturated heterocycles. The molecule has 4 saturated carbocycles. The normalized spacial score (nSPS) is 17.1. The van der Waals surface area contributed by atoms with Crippen LogP contribution in [0.4, 0.5) is 0 Å². The lowest BCUT2D eigenvalue weighted by Gasteiger charge is -2.61. The molecular weight excluding hydrogens is 1190 g/mol. The van der Waals surface area contributed by atoms with Crippen molar-refractivity contribution in [3.8, 4) is 124 Å². The summed E-state index contributed by atoms with van der Waals surface area (Å²) < 4.78 is 0. The number of hydrogen-bond acceptors (Lipinski definition) is 6. The standard InChI is InChI=1S/C92H64N6/c1-5-15-70-52-74(43-31-58(70)11-1)88-93-86(94-89(97-88)75-44-32-59-12-2-6-16-71(59)53-75)68-39-27-64(28-40-68)62-23-35-66(36-24-62)80-19-9-21-82-84(80)85-81(20-10-22-83(85)92(82)78-48-56-47-57(50-78)51-79(92)49-56)67-37-25-63(26-38-67)65-29-41-69(42-30-65)87-95-90(76-45-33-60-13-3-7-17-72(60)54-76)98-91(96-87)77-46-34-61-14-4-8-18-73(61)55-77/h1-46,52-57,78-79H,47-51H2. The molecule has 2 aromatic heterocycles. The second-order valence-electron chi connectivity index (χ2n) is 27.8. The highest BCUT2D eigenvalue weighted by molar-refractivity contribution is 6.01. The summed E-state index contributed by atoms with van der Waals surface area (Å²) in [4.78, 5) is 30.9. The molecule has 0 amide bonds. The van der Waals surface area contributed by atoms with Gasteiger partial charge < -0.3 is 0 Å². The third kappa shape index (κ3) is 9.45. The van der Waals surface area contributed by atoms with Crippen LogP contribution in [0.2, 0.25) is 0 Å². The lowest BCUT2D eigenvalue weighted by Crippen LogP contribution is -2.55. The van der Waals surface area contributed by atoms with Gasteiger partial charge in [0.05, 0.1) is 0 Å². The van der Waals surface area contributed by atoms with Gasteiger partial charge in [0.15, 0.2) is 34.9 Å². The van der Waals surface area contributed by atoms with E-state index in [2.05, 4.69) is 303 Å². The molecule has 4 fully saturated rings. The van der Waals surface area contributed by atoms with Crippen molar-refractivity contribution >= 4 is 43.1 Å². The Morgan fingerprint density at radius 2 is 0.449 bits per heavy atom. The predicted molar refractivity (Wildman–Crippen MR) is 401 cm³/mol. The van der Waals surface area contributed by atoms with Crippen LogP contribution in [0.1, 0.15) is 43.2 Å². The molecule has 5 aliphatic carbocycles. The lowest BCUT2D eigenvalue weighted by molar-refractivity contribution is -0.0399. The van der Waals surface area contributed by atoms with Gasteiger partial charge in [-0.25, -0.2) is 29.9 Å². The average Bonchev–Trinajstić information content (AvgIpc) is 1.48. The molecule has 6 heteroatoms. The summed E-state index contributed by atoms with van der Waals surface area (Å²) in [6.07, 6.45) is 6.74. The monoisotopic (exact) mass is 1250 g/mol. The zero-order valence-electron chi connectivity index (χ0n) is 53.9. The second-order valence-corrected chi connectivity index (χ2v) is 27.8. The second kappa shape index (κ2) is 22.6. The number of hydrogen-bond donors (Lipinski definition) is 0. The van der Waals surface area contributed by atoms with Gasteiger partial charge in [0.1, 0.15) is 0 Å². The van der Waals surface area contributed by atoms with E-state index in [0.29, 0.717) is 46.8 Å². The number of aromatic nitrogens is 6. The van der Waals surface area contributed by atoms with Crippen LogP contribution < -0.4 is 0 Å². The molecule has 462 valence electrons. The fourth-order valence-corrected chi connectivity index (χ4v) is 17.9. The first-order valence-corrected chi connectivity index (χ1v) is 34.6. The highest BCUT2D eigenvalue weighted by Crippen LogP contribution is 2.71. The van der Waals surface area contributed by atoms with Crippen molar-refractivity contribution in [2.45, 2.75) is 37.5 Å². The van der Waals surface area contributed by atoms with E-state index in [9.17, 15) is 0 Å². The van der Waals surface area contributed by atoms with E-state index < -0.39 is 0 Å². The van der Waals surface area contributed by atoms with Crippen molar-refractivity contribution in [2.24, 2.45) is 23.7 Å². The first-order valence-electron chi connectivity index (χ1n) is 34.6. The van der Waals surface area contributed by atoms with E-state index in [0.717, 1.165) is 89.0 Å². The van der Waals surface area contributed by atoms with Gasteiger partial charge in [0, 0.05) is 38.8 Å². The molecule has 21 rings (SSSR count). The van der Waals surface area contributed by atoms with Crippen molar-refractivity contribution in [2.75, 3.05) is 0 Å². The Kier molecular flexibility index (Phi) is 13.1. The maximum Gasteiger partial charge on any atom is 0.164 e. The summed E-state index contributed by atoms with van der Waals surface area (Å²) in [6.45, 7) is 0. The molecular formula is C92H64N6. The van der Waals surface area contributed by atoms with Gasteiger partial charge in [0.2, 0.25) is 0 Å². The quantitative estimate of drug-likeness (QED) is 0.136. The molecule has 0 unspecified atom stereocenters. The molecule has 4 bridgehead atoms. The number of nitrogens with zero attached hydrogens (tertiary/aromatic N) is 6. The molecule has 5 aliphatic rings. The van der Waals surface area contributed by atoms with E-state index in [1.165, 1.54) is 87.0 Å². The van der Waals surface area contributed by atoms with E-state index in [4.69, 9.17) is 29.9 Å². The number of rotatable bonds is 10. The van der Waals surface area contributed by atoms with Crippen LogP contribution in [0.15, 0.2) is 303 Å². The van der Waals surface area contributed by atoms with Crippen molar-refractivity contribution < 1.29 is 0 Å². The van der Waals surface area contributed by atoms with Gasteiger partial charge in [-0.1, -0.05) is 279 Å². The summed E-state index contributed by atoms with van der Waals surface area (Å²) in [6, 6.07) is 110. The van der Waals surface area contributed by atoms with E-state index in [1.807, 2.05) is 0 Å². The third-order valence-electron chi connectivity index (χ3n) is 22.3. The van der Waals surface area contributed by atoms with E-state index in [1.54, 1.807) is 11.1 Å². The van der Waals surface area contributed by atoms with Crippen LogP contribution in [0.25, 0.3) is 167 Å². The highest BCUT2D eigenvalue weighted by Gasteiger charge is 2.62. The summed E-state index contributed by atoms with van der Waals surface area (Å²) in [7, 11) is 0. The van der Waals surface area contributed by atoms with Crippen LogP contribution in [0, 0.1) is 23.7 Å². The molecule has 0 N–H and O–H groups in total. The Labute approximate surface area is 569 Å². The maximum atomic E-state index is 5.17. The first-order chi connectivity index (χ1) is 48.4. The average molecular weight is 1250 g/mol. The smallest absolute Gasteiger partial charge is 0.164 e. The Morgan fingerprint density at radius 1 is 0.204 bits per heavy atom. The lowest BCUT2D eigenvalue weighted by atomic mass is 9.43. The molecule has 6 nitrogen and oxygen atoms in total. The van der Waals surface area contributed by atoms with Gasteiger partial charge in [-0.05, 0) is 190 Å². The van der Waals surface area contributed by atoms with Crippen molar-refractivity contribution in [3.63, 3.8) is 0 Å². The van der Waals surface area contributed by atoms with Gasteiger partial charge in [-0.2, -0.15) is 0 Å². The summed E-state index contributed by atoms with van der Waals surface area (Å²) >= 11 is 0. The van der Waals surface area contributed by atoms with Crippen LogP contribution in [-0.2, 0) is 5.41 Å². The third-order valence-corrected chi connectivity index (χ3v) is 22.3. The largest absolute Gasteiger partial charge is 0.208 e. The van der Waals surface area contributed by atoms with Gasteiger partial charge in [-0.3, -0.25) is 0 Å². The minimum atomic E-state index is 0.00347. The Bertz CT molecular complexity index is 5310. The minimum absolute atomic E-state index is 0.00347. The fourth-order valence-electron chi connectivity index (χ4n) is 17.9. The summed E-state index contributed by atoms with van der Waals surface area (Å²) in [5.74, 6) is 6.85. The van der Waals surface area contributed by atoms with Gasteiger partial charge in [0.25, 0.3) is 0 Å². The van der Waals surface area contributed by atoms with Crippen LogP contribution >= 0.6 is 0 Å². The topological polar surface area (TPSA) is 77.3 Å². The Hall–Kier alpha value is -11.9. The molecule has 0 aliphatic heterocycles. The van der Waals surface area contributed by atoms with Crippen molar-refractivity contribution in [1.29, 1.82) is 0 Å². The van der Waals surface area contributed by atoms with E-state index in [-0.39, 0.29) is 5.41 Å². The Morgan fingerprint density at radius 3 is 0.745 bits per heavy atom. The summed E-state index contributed by atoms with van der Waals surface area (Å²) in [5.41, 5.74) is 21.3. The zero-order chi connectivity index (χ0) is 64.4. The SMILES string of the molecule is c1cc(-c2ccc(-c3ccc(-c4nc(-c5ccc6ccccc6c5)nc(-c5ccc6ccccc6c5)n4)cc3)cc2)c2c(c1)C1(c3cccc(-c4ccc(-c5ccc(-c6nc(-c7ccc8ccccc8c7)nc(-c7ccc8ccccc8c7)n6)cc5)cc4)c3-2)C2CC3CC(C2)CC1C3. The molecule has 16 aromatic rings. The molecule has 1 spiro atoms. The van der Waals surface area contributed by atoms with Gasteiger partial charge >= 0.3 is 0 Å². The van der Waals surface area contributed by atoms with Gasteiger partial charge in [-0.15, -0.1) is 0 Å². The van der Waals surface area contributed by atoms with Crippen molar-refractivity contribution in [3.05, 3.63) is 314 Å².